The van der Waals surface area contributed by atoms with E-state index in [4.69, 9.17) is 0 Å². The number of piperidine rings is 1. The number of likely N-dealkylation sites (tertiary alicyclic amines) is 1. The van der Waals surface area contributed by atoms with Crippen molar-refractivity contribution < 1.29 is 13.2 Å². The zero-order valence-corrected chi connectivity index (χ0v) is 18.0. The van der Waals surface area contributed by atoms with Crippen LogP contribution in [0.5, 0.6) is 0 Å². The van der Waals surface area contributed by atoms with Crippen molar-refractivity contribution >= 4 is 28.3 Å². The number of carbonyl (C=O) groups excluding carboxylic acids is 1. The first-order valence-corrected chi connectivity index (χ1v) is 10.9. The monoisotopic (exact) mass is 417 g/mol. The number of carbonyl (C=O) groups is 1. The lowest BCUT2D eigenvalue weighted by Gasteiger charge is -2.32. The molecule has 2 rings (SSSR count). The number of halogens is 1. The number of nitrogens with one attached hydrogen (secondary N) is 2. The van der Waals surface area contributed by atoms with E-state index in [2.05, 4.69) is 17.0 Å². The Labute approximate surface area is 169 Å². The maximum Gasteiger partial charge on any atom is 0.253 e. The maximum atomic E-state index is 12.6. The molecule has 1 heterocycles. The molecule has 1 aromatic carbocycles. The molecule has 0 aromatic heterocycles. The highest BCUT2D eigenvalue weighted by Gasteiger charge is 2.24. The quantitative estimate of drug-likeness (QED) is 0.681. The van der Waals surface area contributed by atoms with E-state index < -0.39 is 10.0 Å². The second-order valence-corrected chi connectivity index (χ2v) is 9.08. The lowest BCUT2D eigenvalue weighted by Crippen LogP contribution is -2.40. The van der Waals surface area contributed by atoms with Crippen molar-refractivity contribution in [3.05, 3.63) is 29.8 Å². The number of hydrogen-bond donors (Lipinski definition) is 2. The highest BCUT2D eigenvalue weighted by atomic mass is 35.5. The van der Waals surface area contributed by atoms with Gasteiger partial charge in [0.1, 0.15) is 0 Å². The Hall–Kier alpha value is -1.15. The van der Waals surface area contributed by atoms with Crippen LogP contribution in [-0.4, -0.2) is 51.9 Å². The summed E-state index contributed by atoms with van der Waals surface area (Å²) in [4.78, 5) is 14.7. The summed E-state index contributed by atoms with van der Waals surface area (Å²) in [7, 11) is -3.52. The van der Waals surface area contributed by atoms with Gasteiger partial charge in [0.2, 0.25) is 10.0 Å². The average molecular weight is 418 g/mol. The van der Waals surface area contributed by atoms with Crippen LogP contribution in [0.3, 0.4) is 0 Å². The maximum absolute atomic E-state index is 12.6. The minimum absolute atomic E-state index is 0. The molecule has 0 radical (unpaired) electrons. The Morgan fingerprint density at radius 1 is 1.19 bits per heavy atom. The topological polar surface area (TPSA) is 78.5 Å². The summed E-state index contributed by atoms with van der Waals surface area (Å²) in [6.45, 7) is 9.88. The van der Waals surface area contributed by atoms with Crippen molar-refractivity contribution in [1.29, 1.82) is 0 Å². The lowest BCUT2D eigenvalue weighted by atomic mass is 9.96. The molecular formula is C19H32ClN3O3S. The van der Waals surface area contributed by atoms with Gasteiger partial charge in [-0.15, -0.1) is 12.4 Å². The first kappa shape index (κ1) is 23.9. The molecule has 8 heteroatoms. The van der Waals surface area contributed by atoms with Gasteiger partial charge in [-0.2, -0.15) is 0 Å². The van der Waals surface area contributed by atoms with Crippen molar-refractivity contribution in [3.8, 4) is 0 Å². The SMILES string of the molecule is CCNCC1CCN(C(=O)c2ccc(S(=O)(=O)NCC(C)C)cc2)CC1.Cl. The third-order valence-corrected chi connectivity index (χ3v) is 6.12. The molecule has 1 aliphatic rings. The molecule has 1 fully saturated rings. The van der Waals surface area contributed by atoms with Gasteiger partial charge in [0, 0.05) is 25.2 Å². The molecule has 0 bridgehead atoms. The fraction of sp³-hybridized carbons (Fsp3) is 0.632. The second kappa shape index (κ2) is 11.0. The Morgan fingerprint density at radius 2 is 1.78 bits per heavy atom. The van der Waals surface area contributed by atoms with Crippen molar-refractivity contribution in [2.24, 2.45) is 11.8 Å². The normalized spacial score (nSPS) is 15.6. The van der Waals surface area contributed by atoms with Crippen LogP contribution in [0.1, 0.15) is 44.0 Å². The van der Waals surface area contributed by atoms with Crippen molar-refractivity contribution in [3.63, 3.8) is 0 Å². The van der Waals surface area contributed by atoms with Crippen LogP contribution in [0.15, 0.2) is 29.2 Å². The van der Waals surface area contributed by atoms with Crippen LogP contribution in [0, 0.1) is 11.8 Å². The Balaban J connectivity index is 0.00000364. The zero-order chi connectivity index (χ0) is 19.2. The molecule has 1 amide bonds. The fourth-order valence-electron chi connectivity index (χ4n) is 3.01. The minimum atomic E-state index is -3.52. The highest BCUT2D eigenvalue weighted by molar-refractivity contribution is 7.89. The lowest BCUT2D eigenvalue weighted by molar-refractivity contribution is 0.0690. The number of sulfonamides is 1. The van der Waals surface area contributed by atoms with E-state index in [1.54, 1.807) is 12.1 Å². The van der Waals surface area contributed by atoms with Gasteiger partial charge >= 0.3 is 0 Å². The summed E-state index contributed by atoms with van der Waals surface area (Å²) in [6, 6.07) is 6.23. The first-order chi connectivity index (χ1) is 12.3. The van der Waals surface area contributed by atoms with E-state index in [1.165, 1.54) is 12.1 Å². The van der Waals surface area contributed by atoms with E-state index in [0.717, 1.165) is 39.0 Å². The highest BCUT2D eigenvalue weighted by Crippen LogP contribution is 2.19. The molecule has 0 aliphatic carbocycles. The zero-order valence-electron chi connectivity index (χ0n) is 16.4. The Bertz CT molecular complexity index is 685. The van der Waals surface area contributed by atoms with Gasteiger partial charge in [0.25, 0.3) is 5.91 Å². The molecule has 1 aromatic rings. The van der Waals surface area contributed by atoms with Crippen molar-refractivity contribution in [1.82, 2.24) is 14.9 Å². The van der Waals surface area contributed by atoms with Gasteiger partial charge in [-0.3, -0.25) is 4.79 Å². The summed E-state index contributed by atoms with van der Waals surface area (Å²) in [5.41, 5.74) is 0.540. The Morgan fingerprint density at radius 3 is 2.30 bits per heavy atom. The molecule has 2 N–H and O–H groups in total. The Kier molecular flexibility index (Phi) is 9.73. The van der Waals surface area contributed by atoms with Gasteiger partial charge in [0.15, 0.2) is 0 Å². The minimum Gasteiger partial charge on any atom is -0.339 e. The number of benzene rings is 1. The molecule has 1 aliphatic heterocycles. The number of amides is 1. The number of hydrogen-bond acceptors (Lipinski definition) is 4. The summed E-state index contributed by atoms with van der Waals surface area (Å²) < 4.78 is 27.0. The molecule has 0 unspecified atom stereocenters. The number of nitrogens with zero attached hydrogens (tertiary/aromatic N) is 1. The molecule has 0 saturated carbocycles. The van der Waals surface area contributed by atoms with E-state index in [1.807, 2.05) is 18.7 Å². The summed E-state index contributed by atoms with van der Waals surface area (Å²) in [6.07, 6.45) is 2.01. The molecule has 1 saturated heterocycles. The van der Waals surface area contributed by atoms with Gasteiger partial charge < -0.3 is 10.2 Å². The van der Waals surface area contributed by atoms with Gasteiger partial charge in [-0.1, -0.05) is 20.8 Å². The third kappa shape index (κ3) is 7.07. The van der Waals surface area contributed by atoms with Crippen LogP contribution in [0.2, 0.25) is 0 Å². The molecule has 27 heavy (non-hydrogen) atoms. The van der Waals surface area contributed by atoms with Gasteiger partial charge in [0.05, 0.1) is 4.90 Å². The van der Waals surface area contributed by atoms with Crippen molar-refractivity contribution in [2.75, 3.05) is 32.7 Å². The number of rotatable bonds is 8. The van der Waals surface area contributed by atoms with E-state index in [9.17, 15) is 13.2 Å². The smallest absolute Gasteiger partial charge is 0.253 e. The molecule has 154 valence electrons. The standard InChI is InChI=1S/C19H31N3O3S.ClH/c1-4-20-14-16-9-11-22(12-10-16)19(23)17-5-7-18(8-6-17)26(24,25)21-13-15(2)3;/h5-8,15-16,20-21H,4,9-14H2,1-3H3;1H. The van der Waals surface area contributed by atoms with Crippen LogP contribution in [0.4, 0.5) is 0 Å². The van der Waals surface area contributed by atoms with Crippen LogP contribution < -0.4 is 10.0 Å². The third-order valence-electron chi connectivity index (χ3n) is 4.68. The van der Waals surface area contributed by atoms with Crippen molar-refractivity contribution in [2.45, 2.75) is 38.5 Å². The predicted octanol–water partition coefficient (Wildman–Crippen LogP) is 2.50. The first-order valence-electron chi connectivity index (χ1n) is 9.43. The molecule has 0 atom stereocenters. The summed E-state index contributed by atoms with van der Waals surface area (Å²) in [5.74, 6) is 0.839. The predicted molar refractivity (Wildman–Crippen MR) is 111 cm³/mol. The molecular weight excluding hydrogens is 386 g/mol. The summed E-state index contributed by atoms with van der Waals surface area (Å²) >= 11 is 0. The second-order valence-electron chi connectivity index (χ2n) is 7.31. The van der Waals surface area contributed by atoms with E-state index in [0.29, 0.717) is 18.0 Å². The summed E-state index contributed by atoms with van der Waals surface area (Å²) in [5, 5.41) is 3.36. The van der Waals surface area contributed by atoms with Gasteiger partial charge in [-0.25, -0.2) is 13.1 Å². The van der Waals surface area contributed by atoms with Gasteiger partial charge in [-0.05, 0) is 62.0 Å². The van der Waals surface area contributed by atoms with E-state index >= 15 is 0 Å². The average Bonchev–Trinajstić information content (AvgIpc) is 2.65. The fourth-order valence-corrected chi connectivity index (χ4v) is 4.22. The van der Waals surface area contributed by atoms with Crippen LogP contribution >= 0.6 is 12.4 Å². The van der Waals surface area contributed by atoms with Crippen LogP contribution in [0.25, 0.3) is 0 Å². The van der Waals surface area contributed by atoms with Crippen LogP contribution in [-0.2, 0) is 10.0 Å². The largest absolute Gasteiger partial charge is 0.339 e. The van der Waals surface area contributed by atoms with E-state index in [-0.39, 0.29) is 29.1 Å². The molecule has 6 nitrogen and oxygen atoms in total. The molecule has 0 spiro atoms.